The lowest BCUT2D eigenvalue weighted by Crippen LogP contribution is -2.37. The van der Waals surface area contributed by atoms with Crippen LogP contribution in [0.15, 0.2) is 22.7 Å². The molecular formula is C17H27BrN2O. The fourth-order valence-corrected chi connectivity index (χ4v) is 3.47. The Labute approximate surface area is 136 Å². The number of benzene rings is 1. The number of aliphatic hydroxyl groups is 1. The van der Waals surface area contributed by atoms with Crippen molar-refractivity contribution in [3.05, 3.63) is 28.2 Å². The summed E-state index contributed by atoms with van der Waals surface area (Å²) in [6.07, 6.45) is 5.96. The molecular weight excluding hydrogens is 328 g/mol. The molecule has 0 saturated carbocycles. The van der Waals surface area contributed by atoms with Crippen molar-refractivity contribution in [3.63, 3.8) is 0 Å². The molecule has 3 nitrogen and oxygen atoms in total. The molecule has 1 aliphatic rings. The van der Waals surface area contributed by atoms with Gasteiger partial charge in [0.25, 0.3) is 0 Å². The first-order valence-corrected chi connectivity index (χ1v) is 8.92. The molecule has 4 heteroatoms. The third kappa shape index (κ3) is 4.70. The second kappa shape index (κ2) is 8.76. The maximum absolute atomic E-state index is 9.65. The molecule has 0 bridgehead atoms. The average Bonchev–Trinajstić information content (AvgIpc) is 2.74. The quantitative estimate of drug-likeness (QED) is 0.764. The van der Waals surface area contributed by atoms with Gasteiger partial charge in [-0.25, -0.2) is 0 Å². The molecule has 1 atom stereocenters. The lowest BCUT2D eigenvalue weighted by atomic mass is 10.1. The van der Waals surface area contributed by atoms with Crippen LogP contribution in [0.5, 0.6) is 0 Å². The molecule has 2 N–H and O–H groups in total. The van der Waals surface area contributed by atoms with E-state index < -0.39 is 0 Å². The standard InChI is InChI=1S/C17H27BrN2O/c1-2-9-19-12-14-7-8-15(11-17(14)18)20-10-5-3-4-6-16(20)13-21/h7-8,11,16,19,21H,2-6,9-10,12-13H2,1H3. The highest BCUT2D eigenvalue weighted by molar-refractivity contribution is 9.10. The molecule has 1 fully saturated rings. The fraction of sp³-hybridized carbons (Fsp3) is 0.647. The first-order chi connectivity index (χ1) is 10.3. The molecule has 0 spiro atoms. The van der Waals surface area contributed by atoms with E-state index in [1.54, 1.807) is 0 Å². The maximum atomic E-state index is 9.65. The number of rotatable bonds is 6. The topological polar surface area (TPSA) is 35.5 Å². The lowest BCUT2D eigenvalue weighted by Gasteiger charge is -2.31. The molecule has 0 radical (unpaired) electrons. The van der Waals surface area contributed by atoms with Crippen molar-refractivity contribution in [2.24, 2.45) is 0 Å². The predicted octanol–water partition coefficient (Wildman–Crippen LogP) is 3.69. The van der Waals surface area contributed by atoms with Gasteiger partial charge in [0, 0.05) is 23.2 Å². The molecule has 2 rings (SSSR count). The zero-order valence-corrected chi connectivity index (χ0v) is 14.5. The first-order valence-electron chi connectivity index (χ1n) is 8.13. The van der Waals surface area contributed by atoms with Crippen LogP contribution in [0, 0.1) is 0 Å². The summed E-state index contributed by atoms with van der Waals surface area (Å²) >= 11 is 3.70. The van der Waals surface area contributed by atoms with Gasteiger partial charge in [-0.05, 0) is 43.5 Å². The number of nitrogens with one attached hydrogen (secondary N) is 1. The van der Waals surface area contributed by atoms with Crippen LogP contribution in [0.1, 0.15) is 44.6 Å². The van der Waals surface area contributed by atoms with Crippen molar-refractivity contribution < 1.29 is 5.11 Å². The van der Waals surface area contributed by atoms with E-state index in [0.717, 1.165) is 36.9 Å². The van der Waals surface area contributed by atoms with E-state index in [4.69, 9.17) is 0 Å². The van der Waals surface area contributed by atoms with Crippen molar-refractivity contribution in [2.45, 2.75) is 51.6 Å². The summed E-state index contributed by atoms with van der Waals surface area (Å²) in [5, 5.41) is 13.1. The van der Waals surface area contributed by atoms with E-state index in [0.29, 0.717) is 0 Å². The number of nitrogens with zero attached hydrogens (tertiary/aromatic N) is 1. The van der Waals surface area contributed by atoms with E-state index in [1.807, 2.05) is 0 Å². The molecule has 0 aliphatic carbocycles. The van der Waals surface area contributed by atoms with Crippen LogP contribution in [-0.2, 0) is 6.54 Å². The number of hydrogen-bond donors (Lipinski definition) is 2. The number of halogens is 1. The summed E-state index contributed by atoms with van der Waals surface area (Å²) in [5.41, 5.74) is 2.52. The SMILES string of the molecule is CCCNCc1ccc(N2CCCCCC2CO)cc1Br. The number of hydrogen-bond acceptors (Lipinski definition) is 3. The van der Waals surface area contributed by atoms with E-state index in [2.05, 4.69) is 51.3 Å². The Kier molecular flexibility index (Phi) is 7.00. The van der Waals surface area contributed by atoms with Crippen LogP contribution in [0.3, 0.4) is 0 Å². The molecule has 1 aromatic carbocycles. The third-order valence-electron chi connectivity index (χ3n) is 4.20. The highest BCUT2D eigenvalue weighted by Gasteiger charge is 2.21. The van der Waals surface area contributed by atoms with Gasteiger partial charge in [-0.2, -0.15) is 0 Å². The smallest absolute Gasteiger partial charge is 0.0635 e. The van der Waals surface area contributed by atoms with Crippen LogP contribution < -0.4 is 10.2 Å². The predicted molar refractivity (Wildman–Crippen MR) is 92.8 cm³/mol. The molecule has 1 unspecified atom stereocenters. The van der Waals surface area contributed by atoms with Gasteiger partial charge in [0.1, 0.15) is 0 Å². The van der Waals surface area contributed by atoms with Crippen molar-refractivity contribution in [1.82, 2.24) is 5.32 Å². The first kappa shape index (κ1) is 16.8. The summed E-state index contributed by atoms with van der Waals surface area (Å²) in [5.74, 6) is 0. The van der Waals surface area contributed by atoms with Crippen molar-refractivity contribution in [2.75, 3.05) is 24.6 Å². The zero-order chi connectivity index (χ0) is 15.1. The summed E-state index contributed by atoms with van der Waals surface area (Å²) in [7, 11) is 0. The molecule has 0 aromatic heterocycles. The summed E-state index contributed by atoms with van der Waals surface area (Å²) in [4.78, 5) is 2.38. The molecule has 1 aromatic rings. The van der Waals surface area contributed by atoms with Crippen LogP contribution in [0.4, 0.5) is 5.69 Å². The second-order valence-corrected chi connectivity index (χ2v) is 6.69. The number of aliphatic hydroxyl groups excluding tert-OH is 1. The Hall–Kier alpha value is -0.580. The minimum Gasteiger partial charge on any atom is -0.394 e. The van der Waals surface area contributed by atoms with E-state index in [1.165, 1.54) is 30.5 Å². The molecule has 1 aliphatic heterocycles. The normalized spacial score (nSPS) is 19.6. The van der Waals surface area contributed by atoms with Crippen LogP contribution in [0.25, 0.3) is 0 Å². The number of anilines is 1. The Balaban J connectivity index is 2.10. The largest absolute Gasteiger partial charge is 0.394 e. The zero-order valence-electron chi connectivity index (χ0n) is 12.9. The molecule has 0 amide bonds. The van der Waals surface area contributed by atoms with Gasteiger partial charge < -0.3 is 15.3 Å². The van der Waals surface area contributed by atoms with Gasteiger partial charge in [0.05, 0.1) is 12.6 Å². The Bertz CT molecular complexity index is 439. The Morgan fingerprint density at radius 2 is 2.19 bits per heavy atom. The highest BCUT2D eigenvalue weighted by Crippen LogP contribution is 2.28. The van der Waals surface area contributed by atoms with Crippen molar-refractivity contribution in [1.29, 1.82) is 0 Å². The summed E-state index contributed by atoms with van der Waals surface area (Å²) in [6.45, 7) is 5.42. The highest BCUT2D eigenvalue weighted by atomic mass is 79.9. The van der Waals surface area contributed by atoms with Crippen LogP contribution in [-0.4, -0.2) is 30.8 Å². The minimum absolute atomic E-state index is 0.247. The van der Waals surface area contributed by atoms with Crippen molar-refractivity contribution in [3.8, 4) is 0 Å². The van der Waals surface area contributed by atoms with Crippen LogP contribution in [0.2, 0.25) is 0 Å². The fourth-order valence-electron chi connectivity index (χ4n) is 2.97. The van der Waals surface area contributed by atoms with Crippen molar-refractivity contribution >= 4 is 21.6 Å². The van der Waals surface area contributed by atoms with E-state index in [-0.39, 0.29) is 12.6 Å². The van der Waals surface area contributed by atoms with Gasteiger partial charge in [-0.3, -0.25) is 0 Å². The Morgan fingerprint density at radius 3 is 2.90 bits per heavy atom. The lowest BCUT2D eigenvalue weighted by molar-refractivity contribution is 0.255. The molecule has 1 saturated heterocycles. The van der Waals surface area contributed by atoms with Gasteiger partial charge in [-0.15, -0.1) is 0 Å². The maximum Gasteiger partial charge on any atom is 0.0635 e. The third-order valence-corrected chi connectivity index (χ3v) is 4.94. The minimum atomic E-state index is 0.247. The van der Waals surface area contributed by atoms with Gasteiger partial charge >= 0.3 is 0 Å². The van der Waals surface area contributed by atoms with Gasteiger partial charge in [0.15, 0.2) is 0 Å². The summed E-state index contributed by atoms with van der Waals surface area (Å²) in [6, 6.07) is 6.86. The van der Waals surface area contributed by atoms with Gasteiger partial charge in [0.2, 0.25) is 0 Å². The molecule has 1 heterocycles. The Morgan fingerprint density at radius 1 is 1.33 bits per heavy atom. The van der Waals surface area contributed by atoms with E-state index >= 15 is 0 Å². The van der Waals surface area contributed by atoms with Gasteiger partial charge in [-0.1, -0.05) is 41.8 Å². The molecule has 21 heavy (non-hydrogen) atoms. The van der Waals surface area contributed by atoms with E-state index in [9.17, 15) is 5.11 Å². The summed E-state index contributed by atoms with van der Waals surface area (Å²) < 4.78 is 1.16. The monoisotopic (exact) mass is 354 g/mol. The average molecular weight is 355 g/mol. The second-order valence-electron chi connectivity index (χ2n) is 5.83. The van der Waals surface area contributed by atoms with Crippen LogP contribution >= 0.6 is 15.9 Å². The molecule has 118 valence electrons.